The van der Waals surface area contributed by atoms with E-state index in [4.69, 9.17) is 24.7 Å². The molecule has 1 atom stereocenters. The van der Waals surface area contributed by atoms with Gasteiger partial charge < -0.3 is 29.2 Å². The van der Waals surface area contributed by atoms with Crippen LogP contribution in [0.5, 0.6) is 17.2 Å². The Kier molecular flexibility index (Phi) is 5.01. The minimum absolute atomic E-state index is 0.0635. The summed E-state index contributed by atoms with van der Waals surface area (Å²) in [5.74, 6) is 0.0484. The van der Waals surface area contributed by atoms with Crippen molar-refractivity contribution in [2.24, 2.45) is 5.73 Å². The number of aryl methyl sites for hydroxylation is 1. The van der Waals surface area contributed by atoms with Gasteiger partial charge in [-0.1, -0.05) is 12.1 Å². The summed E-state index contributed by atoms with van der Waals surface area (Å²) in [5, 5.41) is 0. The van der Waals surface area contributed by atoms with Gasteiger partial charge in [0, 0.05) is 24.2 Å². The van der Waals surface area contributed by atoms with E-state index in [1.54, 1.807) is 35.2 Å². The molecule has 9 heteroatoms. The molecular formula is C24H21N3O6. The molecule has 0 saturated carbocycles. The molecule has 0 bridgehead atoms. The molecule has 2 aliphatic heterocycles. The second kappa shape index (κ2) is 8.01. The summed E-state index contributed by atoms with van der Waals surface area (Å²) in [6, 6.07) is 10.8. The van der Waals surface area contributed by atoms with E-state index in [2.05, 4.69) is 4.98 Å². The Morgan fingerprint density at radius 1 is 1.21 bits per heavy atom. The van der Waals surface area contributed by atoms with Crippen LogP contribution in [0.25, 0.3) is 0 Å². The monoisotopic (exact) mass is 447 g/mol. The van der Waals surface area contributed by atoms with Crippen molar-refractivity contribution >= 4 is 5.97 Å². The van der Waals surface area contributed by atoms with Crippen LogP contribution < -0.4 is 25.5 Å². The Balaban J connectivity index is 1.66. The normalized spacial score (nSPS) is 16.2. The number of pyridine rings is 2. The summed E-state index contributed by atoms with van der Waals surface area (Å²) in [4.78, 5) is 30.6. The van der Waals surface area contributed by atoms with E-state index in [0.717, 1.165) is 5.56 Å². The first-order chi connectivity index (χ1) is 16.0. The van der Waals surface area contributed by atoms with Crippen molar-refractivity contribution < 1.29 is 23.7 Å². The molecule has 0 unspecified atom stereocenters. The third-order valence-corrected chi connectivity index (χ3v) is 5.77. The Morgan fingerprint density at radius 2 is 2.03 bits per heavy atom. The molecule has 2 aromatic heterocycles. The lowest BCUT2D eigenvalue weighted by molar-refractivity contribution is -0.136. The highest BCUT2D eigenvalue weighted by Crippen LogP contribution is 2.41. The summed E-state index contributed by atoms with van der Waals surface area (Å²) in [6.07, 6.45) is 3.21. The van der Waals surface area contributed by atoms with Gasteiger partial charge in [-0.2, -0.15) is 0 Å². The number of hydrogen-bond acceptors (Lipinski definition) is 8. The molecule has 0 spiro atoms. The minimum atomic E-state index is -0.786. The third-order valence-electron chi connectivity index (χ3n) is 5.77. The van der Waals surface area contributed by atoms with E-state index < -0.39 is 11.9 Å². The molecule has 0 aliphatic carbocycles. The second-order valence-corrected chi connectivity index (χ2v) is 7.73. The second-order valence-electron chi connectivity index (χ2n) is 7.73. The van der Waals surface area contributed by atoms with Gasteiger partial charge in [0.25, 0.3) is 5.56 Å². The van der Waals surface area contributed by atoms with E-state index >= 15 is 0 Å². The van der Waals surface area contributed by atoms with Gasteiger partial charge in [0.15, 0.2) is 11.5 Å². The Hall–Kier alpha value is -4.27. The molecule has 2 N–H and O–H groups in total. The predicted molar refractivity (Wildman–Crippen MR) is 117 cm³/mol. The quantitative estimate of drug-likeness (QED) is 0.606. The number of hydrogen-bond donors (Lipinski definition) is 1. The largest absolute Gasteiger partial charge is 0.465 e. The molecule has 168 valence electrons. The molecule has 5 rings (SSSR count). The third kappa shape index (κ3) is 3.47. The molecule has 0 amide bonds. The maximum Gasteiger partial charge on any atom is 0.340 e. The maximum atomic E-state index is 13.8. The lowest BCUT2D eigenvalue weighted by Crippen LogP contribution is -2.35. The molecule has 1 aromatic carbocycles. The SMILES string of the molecule is COC(=O)C1=C(N)Oc2cc(C)n(Cc3ccc4c(c3)OCO4)c(=O)c2[C@@H]1c1cccnc1. The molecular weight excluding hydrogens is 426 g/mol. The van der Waals surface area contributed by atoms with Gasteiger partial charge in [-0.15, -0.1) is 0 Å². The van der Waals surface area contributed by atoms with Crippen LogP contribution in [0.3, 0.4) is 0 Å². The standard InChI is InChI=1S/C24H21N3O6/c1-13-8-18-20(23(28)27(13)11-14-5-6-16-17(9-14)32-12-31-16)19(15-4-3-7-26-10-15)21(22(25)33-18)24(29)30-2/h3-10,19H,11-12,25H2,1-2H3/t19-/m0/s1. The Labute approximate surface area is 189 Å². The van der Waals surface area contributed by atoms with Crippen LogP contribution in [0.4, 0.5) is 0 Å². The van der Waals surface area contributed by atoms with Crippen molar-refractivity contribution in [1.29, 1.82) is 0 Å². The van der Waals surface area contributed by atoms with Gasteiger partial charge in [0.05, 0.1) is 25.1 Å². The van der Waals surface area contributed by atoms with E-state index in [0.29, 0.717) is 40.6 Å². The Morgan fingerprint density at radius 3 is 2.79 bits per heavy atom. The molecule has 9 nitrogen and oxygen atoms in total. The first kappa shape index (κ1) is 20.6. The van der Waals surface area contributed by atoms with Crippen molar-refractivity contribution in [2.45, 2.75) is 19.4 Å². The van der Waals surface area contributed by atoms with Crippen molar-refractivity contribution in [2.75, 3.05) is 13.9 Å². The fraction of sp³-hybridized carbons (Fsp3) is 0.208. The molecule has 4 heterocycles. The van der Waals surface area contributed by atoms with Crippen LogP contribution in [-0.2, 0) is 16.1 Å². The summed E-state index contributed by atoms with van der Waals surface area (Å²) in [5.41, 5.74) is 8.34. The highest BCUT2D eigenvalue weighted by molar-refractivity contribution is 5.92. The van der Waals surface area contributed by atoms with Crippen molar-refractivity contribution in [3.05, 3.63) is 93.0 Å². The van der Waals surface area contributed by atoms with E-state index in [9.17, 15) is 9.59 Å². The number of nitrogens with two attached hydrogens (primary N) is 1. The first-order valence-corrected chi connectivity index (χ1v) is 10.3. The van der Waals surface area contributed by atoms with E-state index in [-0.39, 0.29) is 23.8 Å². The number of nitrogens with zero attached hydrogens (tertiary/aromatic N) is 2. The minimum Gasteiger partial charge on any atom is -0.465 e. The van der Waals surface area contributed by atoms with Crippen molar-refractivity contribution in [3.63, 3.8) is 0 Å². The van der Waals surface area contributed by atoms with Crippen molar-refractivity contribution in [3.8, 4) is 17.2 Å². The maximum absolute atomic E-state index is 13.8. The van der Waals surface area contributed by atoms with E-state index in [1.807, 2.05) is 25.1 Å². The van der Waals surface area contributed by atoms with Gasteiger partial charge >= 0.3 is 5.97 Å². The number of methoxy groups -OCH3 is 1. The van der Waals surface area contributed by atoms with Crippen LogP contribution in [0.1, 0.15) is 28.3 Å². The van der Waals surface area contributed by atoms with E-state index in [1.165, 1.54) is 7.11 Å². The van der Waals surface area contributed by atoms with Crippen LogP contribution in [-0.4, -0.2) is 29.4 Å². The molecule has 0 radical (unpaired) electrons. The van der Waals surface area contributed by atoms with Crippen LogP contribution >= 0.6 is 0 Å². The zero-order chi connectivity index (χ0) is 23.1. The fourth-order valence-corrected chi connectivity index (χ4v) is 4.19. The summed E-state index contributed by atoms with van der Waals surface area (Å²) in [6.45, 7) is 2.28. The molecule has 0 fully saturated rings. The smallest absolute Gasteiger partial charge is 0.340 e. The molecule has 2 aliphatic rings. The molecule has 0 saturated heterocycles. The van der Waals surface area contributed by atoms with Crippen LogP contribution in [0, 0.1) is 6.92 Å². The summed E-state index contributed by atoms with van der Waals surface area (Å²) >= 11 is 0. The van der Waals surface area contributed by atoms with Gasteiger partial charge in [0.1, 0.15) is 11.3 Å². The summed E-state index contributed by atoms with van der Waals surface area (Å²) in [7, 11) is 1.26. The van der Waals surface area contributed by atoms with Gasteiger partial charge in [0.2, 0.25) is 12.7 Å². The van der Waals surface area contributed by atoms with Gasteiger partial charge in [-0.3, -0.25) is 9.78 Å². The van der Waals surface area contributed by atoms with Gasteiger partial charge in [-0.05, 0) is 36.2 Å². The van der Waals surface area contributed by atoms with Crippen LogP contribution in [0.15, 0.2) is 65.0 Å². The average molecular weight is 447 g/mol. The number of carbonyl (C=O) groups excluding carboxylic acids is 1. The Bertz CT molecular complexity index is 1350. The number of ether oxygens (including phenoxy) is 4. The number of rotatable bonds is 4. The lowest BCUT2D eigenvalue weighted by Gasteiger charge is -2.28. The predicted octanol–water partition coefficient (Wildman–Crippen LogP) is 2.20. The number of aromatic nitrogens is 2. The number of esters is 1. The highest BCUT2D eigenvalue weighted by Gasteiger charge is 2.38. The first-order valence-electron chi connectivity index (χ1n) is 10.3. The summed E-state index contributed by atoms with van der Waals surface area (Å²) < 4.78 is 23.1. The zero-order valence-electron chi connectivity index (χ0n) is 18.0. The highest BCUT2D eigenvalue weighted by atomic mass is 16.7. The average Bonchev–Trinajstić information content (AvgIpc) is 3.29. The topological polar surface area (TPSA) is 115 Å². The van der Waals surface area contributed by atoms with Crippen molar-refractivity contribution in [1.82, 2.24) is 9.55 Å². The number of fused-ring (bicyclic) bond motifs is 2. The molecule has 33 heavy (non-hydrogen) atoms. The lowest BCUT2D eigenvalue weighted by atomic mass is 9.84. The number of benzene rings is 1. The van der Waals surface area contributed by atoms with Gasteiger partial charge in [-0.25, -0.2) is 4.79 Å². The molecule has 3 aromatic rings. The zero-order valence-corrected chi connectivity index (χ0v) is 18.0. The number of carbonyl (C=O) groups is 1. The fourth-order valence-electron chi connectivity index (χ4n) is 4.19. The van der Waals surface area contributed by atoms with Crippen LogP contribution in [0.2, 0.25) is 0 Å².